The molecule has 0 unspecified atom stereocenters. The van der Waals surface area contributed by atoms with Crippen molar-refractivity contribution >= 4 is 23.5 Å². The minimum atomic E-state index is -0.796. The topological polar surface area (TPSA) is 91.6 Å². The van der Waals surface area contributed by atoms with Crippen LogP contribution in [-0.2, 0) is 11.8 Å². The maximum absolute atomic E-state index is 12.6. The Kier molecular flexibility index (Phi) is 5.30. The molecule has 2 N–H and O–H groups in total. The smallest absolute Gasteiger partial charge is 0.306 e. The molecule has 1 fully saturated rings. The Morgan fingerprint density at radius 1 is 1.04 bits per heavy atom. The molecule has 142 valence electrons. The first-order valence-corrected chi connectivity index (χ1v) is 8.92. The van der Waals surface area contributed by atoms with Crippen LogP contribution in [0.4, 0.5) is 5.69 Å². The molecule has 2 amide bonds. The predicted octanol–water partition coefficient (Wildman–Crippen LogP) is 2.52. The van der Waals surface area contributed by atoms with E-state index in [-0.39, 0.29) is 17.7 Å². The van der Waals surface area contributed by atoms with Gasteiger partial charge < -0.3 is 19.9 Å². The normalized spacial score (nSPS) is 14.8. The van der Waals surface area contributed by atoms with E-state index < -0.39 is 5.97 Å². The third-order valence-corrected chi connectivity index (χ3v) is 5.13. The first-order chi connectivity index (χ1) is 12.9. The van der Waals surface area contributed by atoms with Crippen LogP contribution >= 0.6 is 0 Å². The number of nitrogens with zero attached hydrogens (tertiary/aromatic N) is 2. The molecule has 0 saturated carbocycles. The van der Waals surface area contributed by atoms with E-state index in [1.165, 1.54) is 0 Å². The highest BCUT2D eigenvalue weighted by Gasteiger charge is 2.27. The van der Waals surface area contributed by atoms with Gasteiger partial charge in [0.15, 0.2) is 0 Å². The van der Waals surface area contributed by atoms with Crippen molar-refractivity contribution < 1.29 is 19.5 Å². The van der Waals surface area contributed by atoms with Crippen molar-refractivity contribution in [2.24, 2.45) is 13.0 Å². The van der Waals surface area contributed by atoms with Crippen LogP contribution < -0.4 is 5.32 Å². The van der Waals surface area contributed by atoms with Crippen molar-refractivity contribution in [2.45, 2.75) is 19.8 Å². The molecule has 1 aromatic carbocycles. The number of piperidine rings is 1. The van der Waals surface area contributed by atoms with Crippen molar-refractivity contribution in [2.75, 3.05) is 18.4 Å². The van der Waals surface area contributed by atoms with E-state index in [1.54, 1.807) is 35.2 Å². The highest BCUT2D eigenvalue weighted by molar-refractivity contribution is 6.03. The highest BCUT2D eigenvalue weighted by Crippen LogP contribution is 2.20. The van der Waals surface area contributed by atoms with E-state index in [9.17, 15) is 14.4 Å². The number of hydrogen-bond acceptors (Lipinski definition) is 3. The minimum absolute atomic E-state index is 0.116. The summed E-state index contributed by atoms with van der Waals surface area (Å²) in [7, 11) is 1.83. The van der Waals surface area contributed by atoms with E-state index in [0.717, 1.165) is 5.69 Å². The molecule has 0 spiro atoms. The summed E-state index contributed by atoms with van der Waals surface area (Å²) < 4.78 is 1.81. The SMILES string of the molecule is Cc1ccc(C(=O)Nc2ccc(C(=O)N3CCC(C(=O)O)CC3)cc2)n1C. The van der Waals surface area contributed by atoms with Gasteiger partial charge in [0.1, 0.15) is 5.69 Å². The fourth-order valence-electron chi connectivity index (χ4n) is 3.24. The van der Waals surface area contributed by atoms with Crippen molar-refractivity contribution in [3.63, 3.8) is 0 Å². The van der Waals surface area contributed by atoms with Gasteiger partial charge in [0.25, 0.3) is 11.8 Å². The highest BCUT2D eigenvalue weighted by atomic mass is 16.4. The zero-order valence-electron chi connectivity index (χ0n) is 15.4. The fraction of sp³-hybridized carbons (Fsp3) is 0.350. The Bertz CT molecular complexity index is 862. The molecule has 7 nitrogen and oxygen atoms in total. The number of aromatic nitrogens is 1. The molecular formula is C20H23N3O4. The number of aliphatic carboxylic acids is 1. The average Bonchev–Trinajstić information content (AvgIpc) is 3.01. The second kappa shape index (κ2) is 7.65. The quantitative estimate of drug-likeness (QED) is 0.866. The summed E-state index contributed by atoms with van der Waals surface area (Å²) in [4.78, 5) is 37.6. The van der Waals surface area contributed by atoms with Crippen LogP contribution in [-0.4, -0.2) is 45.4 Å². The largest absolute Gasteiger partial charge is 0.481 e. The van der Waals surface area contributed by atoms with Crippen LogP contribution in [0.15, 0.2) is 36.4 Å². The lowest BCUT2D eigenvalue weighted by molar-refractivity contribution is -0.143. The number of hydrogen-bond donors (Lipinski definition) is 2. The number of rotatable bonds is 4. The van der Waals surface area contributed by atoms with Crippen LogP contribution in [0.3, 0.4) is 0 Å². The molecule has 0 bridgehead atoms. The van der Waals surface area contributed by atoms with Gasteiger partial charge in [0.05, 0.1) is 5.92 Å². The lowest BCUT2D eigenvalue weighted by Crippen LogP contribution is -2.40. The fourth-order valence-corrected chi connectivity index (χ4v) is 3.24. The summed E-state index contributed by atoms with van der Waals surface area (Å²) in [6.45, 7) is 2.82. The Hall–Kier alpha value is -3.09. The maximum Gasteiger partial charge on any atom is 0.306 e. The van der Waals surface area contributed by atoms with Crippen LogP contribution in [0, 0.1) is 12.8 Å². The number of amides is 2. The number of nitrogens with one attached hydrogen (secondary N) is 1. The second-order valence-corrected chi connectivity index (χ2v) is 6.86. The van der Waals surface area contributed by atoms with E-state index >= 15 is 0 Å². The first kappa shape index (κ1) is 18.7. The van der Waals surface area contributed by atoms with Gasteiger partial charge in [0.2, 0.25) is 0 Å². The molecule has 1 aliphatic heterocycles. The van der Waals surface area contributed by atoms with E-state index in [0.29, 0.717) is 42.9 Å². The van der Waals surface area contributed by atoms with Gasteiger partial charge in [-0.15, -0.1) is 0 Å². The molecule has 0 radical (unpaired) electrons. The zero-order chi connectivity index (χ0) is 19.6. The maximum atomic E-state index is 12.6. The van der Waals surface area contributed by atoms with Crippen molar-refractivity contribution in [1.29, 1.82) is 0 Å². The van der Waals surface area contributed by atoms with E-state index in [1.807, 2.05) is 24.6 Å². The van der Waals surface area contributed by atoms with Gasteiger partial charge in [-0.2, -0.15) is 0 Å². The number of aryl methyl sites for hydroxylation is 1. The molecule has 1 saturated heterocycles. The van der Waals surface area contributed by atoms with Crippen LogP contribution in [0.5, 0.6) is 0 Å². The number of benzene rings is 1. The molecule has 3 rings (SSSR count). The lowest BCUT2D eigenvalue weighted by Gasteiger charge is -2.30. The summed E-state index contributed by atoms with van der Waals surface area (Å²) in [5.41, 5.74) is 2.69. The summed E-state index contributed by atoms with van der Waals surface area (Å²) in [5, 5.41) is 11.9. The summed E-state index contributed by atoms with van der Waals surface area (Å²) in [5.74, 6) is -1.49. The standard InChI is InChI=1S/C20H23N3O4/c1-13-3-8-17(22(13)2)18(24)21-16-6-4-14(5-7-16)19(25)23-11-9-15(10-12-23)20(26)27/h3-8,15H,9-12H2,1-2H3,(H,21,24)(H,26,27). The minimum Gasteiger partial charge on any atom is -0.481 e. The van der Waals surface area contributed by atoms with Crippen LogP contribution in [0.25, 0.3) is 0 Å². The van der Waals surface area contributed by atoms with Gasteiger partial charge >= 0.3 is 5.97 Å². The van der Waals surface area contributed by atoms with Gasteiger partial charge in [-0.1, -0.05) is 0 Å². The summed E-state index contributed by atoms with van der Waals surface area (Å²) in [6, 6.07) is 10.4. The molecule has 1 aromatic heterocycles. The molecule has 1 aliphatic rings. The number of carboxylic acid groups (broad SMARTS) is 1. The Morgan fingerprint density at radius 3 is 2.19 bits per heavy atom. The van der Waals surface area contributed by atoms with Gasteiger partial charge in [-0.05, 0) is 56.2 Å². The molecule has 0 atom stereocenters. The number of anilines is 1. The molecule has 2 heterocycles. The van der Waals surface area contributed by atoms with Gasteiger partial charge in [0, 0.05) is 37.1 Å². The number of carbonyl (C=O) groups excluding carboxylic acids is 2. The van der Waals surface area contributed by atoms with Crippen LogP contribution in [0.1, 0.15) is 39.4 Å². The molecule has 2 aromatic rings. The first-order valence-electron chi connectivity index (χ1n) is 8.92. The van der Waals surface area contributed by atoms with Gasteiger partial charge in [-0.3, -0.25) is 14.4 Å². The Balaban J connectivity index is 1.62. The third-order valence-electron chi connectivity index (χ3n) is 5.13. The van der Waals surface area contributed by atoms with Gasteiger partial charge in [-0.25, -0.2) is 0 Å². The lowest BCUT2D eigenvalue weighted by atomic mass is 9.96. The molecule has 27 heavy (non-hydrogen) atoms. The van der Waals surface area contributed by atoms with Crippen molar-refractivity contribution in [1.82, 2.24) is 9.47 Å². The molecule has 7 heteroatoms. The molecule has 0 aliphatic carbocycles. The summed E-state index contributed by atoms with van der Waals surface area (Å²) in [6.07, 6.45) is 0.955. The monoisotopic (exact) mass is 369 g/mol. The average molecular weight is 369 g/mol. The second-order valence-electron chi connectivity index (χ2n) is 6.86. The van der Waals surface area contributed by atoms with Crippen molar-refractivity contribution in [3.05, 3.63) is 53.3 Å². The third kappa shape index (κ3) is 4.02. The number of carboxylic acids is 1. The number of likely N-dealkylation sites (tertiary alicyclic amines) is 1. The van der Waals surface area contributed by atoms with Crippen molar-refractivity contribution in [3.8, 4) is 0 Å². The molecular weight excluding hydrogens is 346 g/mol. The van der Waals surface area contributed by atoms with Crippen LogP contribution in [0.2, 0.25) is 0 Å². The predicted molar refractivity (Wildman–Crippen MR) is 101 cm³/mol. The number of carbonyl (C=O) groups is 3. The van der Waals surface area contributed by atoms with E-state index in [4.69, 9.17) is 5.11 Å². The summed E-state index contributed by atoms with van der Waals surface area (Å²) >= 11 is 0. The van der Waals surface area contributed by atoms with E-state index in [2.05, 4.69) is 5.32 Å². The Morgan fingerprint density at radius 2 is 1.67 bits per heavy atom. The zero-order valence-corrected chi connectivity index (χ0v) is 15.4. The Labute approximate surface area is 157 Å².